The molecule has 3 rings (SSSR count). The molecule has 1 aromatic carbocycles. The lowest BCUT2D eigenvalue weighted by Gasteiger charge is -2.50. The highest BCUT2D eigenvalue weighted by Crippen LogP contribution is 2.51. The smallest absolute Gasteiger partial charge is 0.147 e. The van der Waals surface area contributed by atoms with Gasteiger partial charge in [-0.2, -0.15) is 0 Å². The molecule has 2 aliphatic rings. The summed E-state index contributed by atoms with van der Waals surface area (Å²) in [5.41, 5.74) is 3.16. The zero-order valence-electron chi connectivity index (χ0n) is 19.3. The van der Waals surface area contributed by atoms with Gasteiger partial charge in [-0.25, -0.2) is 0 Å². The van der Waals surface area contributed by atoms with Crippen molar-refractivity contribution in [1.82, 2.24) is 0 Å². The van der Waals surface area contributed by atoms with Crippen molar-refractivity contribution in [3.8, 4) is 5.75 Å². The van der Waals surface area contributed by atoms with E-state index < -0.39 is 5.60 Å². The van der Waals surface area contributed by atoms with Crippen molar-refractivity contribution in [2.75, 3.05) is 27.6 Å². The Hall–Kier alpha value is -1.66. The quantitative estimate of drug-likeness (QED) is 0.338. The maximum Gasteiger partial charge on any atom is 0.147 e. The fourth-order valence-corrected chi connectivity index (χ4v) is 5.11. The number of rotatable bonds is 9. The maximum atomic E-state index is 10.4. The Morgan fingerprint density at radius 2 is 1.94 bits per heavy atom. The van der Waals surface area contributed by atoms with Crippen LogP contribution in [0.25, 0.3) is 0 Å². The molecule has 0 aliphatic heterocycles. The number of hydrogen-bond donors (Lipinski definition) is 1. The number of fused-ring (bicyclic) bond motifs is 2. The van der Waals surface area contributed by atoms with Crippen molar-refractivity contribution in [3.63, 3.8) is 0 Å². The van der Waals surface area contributed by atoms with E-state index in [9.17, 15) is 5.11 Å². The van der Waals surface area contributed by atoms with Crippen LogP contribution in [-0.4, -0.2) is 44.4 Å². The summed E-state index contributed by atoms with van der Waals surface area (Å²) in [4.78, 5) is 0. The second-order valence-electron chi connectivity index (χ2n) is 8.88. The lowest BCUT2D eigenvalue weighted by Crippen LogP contribution is -2.49. The first-order chi connectivity index (χ1) is 15.0. The van der Waals surface area contributed by atoms with Crippen molar-refractivity contribution in [1.29, 1.82) is 0 Å². The third-order valence-corrected chi connectivity index (χ3v) is 6.88. The number of benzene rings is 1. The molecule has 0 amide bonds. The first kappa shape index (κ1) is 24.0. The summed E-state index contributed by atoms with van der Waals surface area (Å²) in [5, 5.41) is 10.4. The van der Waals surface area contributed by atoms with E-state index in [2.05, 4.69) is 19.6 Å². The van der Waals surface area contributed by atoms with Gasteiger partial charge < -0.3 is 24.1 Å². The van der Waals surface area contributed by atoms with Gasteiger partial charge in [-0.1, -0.05) is 37.3 Å². The van der Waals surface area contributed by atoms with Crippen molar-refractivity contribution in [2.45, 2.75) is 63.8 Å². The van der Waals surface area contributed by atoms with E-state index in [1.165, 1.54) is 5.57 Å². The molecule has 0 heterocycles. The van der Waals surface area contributed by atoms with Gasteiger partial charge in [0.2, 0.25) is 0 Å². The molecule has 0 aromatic heterocycles. The standard InChI is InChI=1S/C26H38O5/c1-19-16-22(27)13-14-26(31-18-28-3)20(2)7-12-24(19)25(26)6-5-15-30-17-21-8-10-23(29-4)11-9-21/h6,8-11,20,22,24,27H,1,5,7,12-18H2,2-4H3/b25-6+/t20-,22-,24-,26-/m1/s1. The van der Waals surface area contributed by atoms with Gasteiger partial charge in [0.15, 0.2) is 0 Å². The molecule has 2 saturated carbocycles. The summed E-state index contributed by atoms with van der Waals surface area (Å²) in [7, 11) is 3.33. The fraction of sp³-hybridized carbons (Fsp3) is 0.615. The lowest BCUT2D eigenvalue weighted by atomic mass is 9.61. The molecule has 2 bridgehead atoms. The summed E-state index contributed by atoms with van der Waals surface area (Å²) in [5.74, 6) is 1.47. The minimum Gasteiger partial charge on any atom is -0.497 e. The molecule has 0 spiro atoms. The minimum absolute atomic E-state index is 0.254. The van der Waals surface area contributed by atoms with Crippen LogP contribution in [0, 0.1) is 11.8 Å². The highest BCUT2D eigenvalue weighted by atomic mass is 16.7. The molecular weight excluding hydrogens is 392 g/mol. The number of ether oxygens (including phenoxy) is 4. The van der Waals surface area contributed by atoms with Crippen LogP contribution in [0.5, 0.6) is 5.75 Å². The molecule has 0 radical (unpaired) electrons. The van der Waals surface area contributed by atoms with E-state index in [0.29, 0.717) is 32.0 Å². The maximum absolute atomic E-state index is 10.4. The van der Waals surface area contributed by atoms with E-state index in [-0.39, 0.29) is 18.8 Å². The van der Waals surface area contributed by atoms with Crippen LogP contribution in [0.3, 0.4) is 0 Å². The Morgan fingerprint density at radius 3 is 2.65 bits per heavy atom. The average Bonchev–Trinajstić information content (AvgIpc) is 2.77. The normalized spacial score (nSPS) is 30.1. The summed E-state index contributed by atoms with van der Waals surface area (Å²) >= 11 is 0. The molecule has 0 unspecified atom stereocenters. The second kappa shape index (κ2) is 11.3. The Balaban J connectivity index is 1.70. The van der Waals surface area contributed by atoms with Crippen LogP contribution in [0.4, 0.5) is 0 Å². The van der Waals surface area contributed by atoms with E-state index in [0.717, 1.165) is 42.6 Å². The molecule has 1 aromatic rings. The number of aliphatic hydroxyl groups excluding tert-OH is 1. The Morgan fingerprint density at radius 1 is 1.16 bits per heavy atom. The van der Waals surface area contributed by atoms with Gasteiger partial charge in [0, 0.05) is 13.0 Å². The van der Waals surface area contributed by atoms with Gasteiger partial charge in [0.1, 0.15) is 12.5 Å². The van der Waals surface area contributed by atoms with Crippen LogP contribution >= 0.6 is 0 Å². The van der Waals surface area contributed by atoms with Gasteiger partial charge >= 0.3 is 0 Å². The number of hydrogen-bond acceptors (Lipinski definition) is 5. The summed E-state index contributed by atoms with van der Waals surface area (Å²) in [6, 6.07) is 7.96. The zero-order chi connectivity index (χ0) is 22.3. The van der Waals surface area contributed by atoms with Gasteiger partial charge in [-0.3, -0.25) is 0 Å². The van der Waals surface area contributed by atoms with Crippen LogP contribution < -0.4 is 4.74 Å². The molecule has 2 aliphatic carbocycles. The molecule has 2 fully saturated rings. The van der Waals surface area contributed by atoms with Crippen molar-refractivity contribution >= 4 is 0 Å². The summed E-state index contributed by atoms with van der Waals surface area (Å²) in [6.07, 6.45) is 7.13. The highest BCUT2D eigenvalue weighted by Gasteiger charge is 2.48. The predicted octanol–water partition coefficient (Wildman–Crippen LogP) is 5.03. The molecule has 172 valence electrons. The van der Waals surface area contributed by atoms with E-state index in [4.69, 9.17) is 18.9 Å². The third-order valence-electron chi connectivity index (χ3n) is 6.88. The van der Waals surface area contributed by atoms with Crippen LogP contribution in [0.1, 0.15) is 51.0 Å². The number of aliphatic hydroxyl groups is 1. The molecular formula is C26H38O5. The summed E-state index contributed by atoms with van der Waals surface area (Å²) < 4.78 is 22.8. The van der Waals surface area contributed by atoms with E-state index in [1.54, 1.807) is 14.2 Å². The highest BCUT2D eigenvalue weighted by molar-refractivity contribution is 5.33. The topological polar surface area (TPSA) is 57.2 Å². The molecule has 31 heavy (non-hydrogen) atoms. The minimum atomic E-state index is -0.404. The predicted molar refractivity (Wildman–Crippen MR) is 122 cm³/mol. The Bertz CT molecular complexity index is 741. The van der Waals surface area contributed by atoms with Crippen molar-refractivity contribution in [3.05, 3.63) is 53.6 Å². The van der Waals surface area contributed by atoms with E-state index in [1.807, 2.05) is 24.3 Å². The average molecular weight is 431 g/mol. The largest absolute Gasteiger partial charge is 0.497 e. The molecule has 5 nitrogen and oxygen atoms in total. The lowest BCUT2D eigenvalue weighted by molar-refractivity contribution is -0.154. The SMILES string of the molecule is C=C1C[C@H](O)CC[C@]2(OCOC)/C(=C/CCOCc3ccc(OC)cc3)[C@@H]1CC[C@H]2C. The molecule has 0 saturated heterocycles. The summed E-state index contributed by atoms with van der Waals surface area (Å²) in [6.45, 7) is 8.08. The first-order valence-electron chi connectivity index (χ1n) is 11.4. The van der Waals surface area contributed by atoms with Gasteiger partial charge in [0.25, 0.3) is 0 Å². The third kappa shape index (κ3) is 5.78. The van der Waals surface area contributed by atoms with Crippen LogP contribution in [-0.2, 0) is 20.8 Å². The molecule has 1 N–H and O–H groups in total. The van der Waals surface area contributed by atoms with Crippen LogP contribution in [0.15, 0.2) is 48.1 Å². The Kier molecular flexibility index (Phi) is 8.73. The molecule has 5 heteroatoms. The Labute approximate surface area is 187 Å². The fourth-order valence-electron chi connectivity index (χ4n) is 5.11. The first-order valence-corrected chi connectivity index (χ1v) is 11.4. The van der Waals surface area contributed by atoms with Crippen molar-refractivity contribution in [2.24, 2.45) is 11.8 Å². The van der Waals surface area contributed by atoms with Gasteiger partial charge in [0.05, 0.1) is 32.0 Å². The zero-order valence-corrected chi connectivity index (χ0v) is 19.3. The van der Waals surface area contributed by atoms with Gasteiger partial charge in [-0.15, -0.1) is 0 Å². The molecule has 4 atom stereocenters. The van der Waals surface area contributed by atoms with Crippen molar-refractivity contribution < 1.29 is 24.1 Å². The monoisotopic (exact) mass is 430 g/mol. The second-order valence-corrected chi connectivity index (χ2v) is 8.88. The van der Waals surface area contributed by atoms with Crippen LogP contribution in [0.2, 0.25) is 0 Å². The van der Waals surface area contributed by atoms with Gasteiger partial charge in [-0.05, 0) is 67.7 Å². The number of methoxy groups -OCH3 is 2. The van der Waals surface area contributed by atoms with E-state index >= 15 is 0 Å².